The molecule has 2 fully saturated rings. The molecule has 6 rings (SSSR count). The zero-order valence-electron chi connectivity index (χ0n) is 15.9. The van der Waals surface area contributed by atoms with Crippen LogP contribution in [0.25, 0.3) is 11.1 Å². The maximum atomic E-state index is 4.70. The van der Waals surface area contributed by atoms with E-state index in [4.69, 9.17) is 5.10 Å². The molecular formula is C23H24N4S. The molecule has 2 heterocycles. The highest BCUT2D eigenvalue weighted by Gasteiger charge is 2.35. The van der Waals surface area contributed by atoms with Gasteiger partial charge in [-0.15, -0.1) is 10.2 Å². The van der Waals surface area contributed by atoms with Gasteiger partial charge in [-0.3, -0.25) is 4.57 Å². The van der Waals surface area contributed by atoms with Gasteiger partial charge >= 0.3 is 0 Å². The summed E-state index contributed by atoms with van der Waals surface area (Å²) >= 11 is 1.88. The number of fused-ring (bicyclic) bond motifs is 3. The van der Waals surface area contributed by atoms with Crippen molar-refractivity contribution in [2.75, 3.05) is 18.0 Å². The van der Waals surface area contributed by atoms with E-state index in [1.807, 2.05) is 11.8 Å². The van der Waals surface area contributed by atoms with E-state index in [1.165, 1.54) is 54.4 Å². The van der Waals surface area contributed by atoms with Gasteiger partial charge in [0.15, 0.2) is 5.16 Å². The van der Waals surface area contributed by atoms with Crippen LogP contribution in [0, 0.1) is 0 Å². The van der Waals surface area contributed by atoms with Crippen molar-refractivity contribution < 1.29 is 0 Å². The van der Waals surface area contributed by atoms with E-state index in [2.05, 4.69) is 63.1 Å². The lowest BCUT2D eigenvalue weighted by Crippen LogP contribution is -2.31. The first-order valence-electron chi connectivity index (χ1n) is 10.4. The minimum absolute atomic E-state index is 0.295. The molecule has 142 valence electrons. The molecule has 1 saturated heterocycles. The van der Waals surface area contributed by atoms with E-state index in [-0.39, 0.29) is 0 Å². The zero-order chi connectivity index (χ0) is 18.5. The van der Waals surface area contributed by atoms with Gasteiger partial charge < -0.3 is 4.90 Å². The molecule has 5 heteroatoms. The van der Waals surface area contributed by atoms with Gasteiger partial charge in [0.05, 0.1) is 5.25 Å². The van der Waals surface area contributed by atoms with E-state index < -0.39 is 0 Å². The lowest BCUT2D eigenvalue weighted by atomic mass is 10.1. The highest BCUT2D eigenvalue weighted by atomic mass is 32.2. The number of rotatable bonds is 4. The van der Waals surface area contributed by atoms with Crippen LogP contribution >= 0.6 is 11.8 Å². The van der Waals surface area contributed by atoms with Gasteiger partial charge in [-0.25, -0.2) is 0 Å². The summed E-state index contributed by atoms with van der Waals surface area (Å²) in [6.07, 6.45) is 6.38. The van der Waals surface area contributed by atoms with Crippen LogP contribution in [0.4, 0.5) is 5.95 Å². The minimum atomic E-state index is 0.295. The standard InChI is InChI=1S/C23H24N4S/c1-6-14-26(15-7-1)22-24-25-23(27(22)16-12-13-16)28-21-19-10-4-2-8-17(19)18-9-3-5-11-20(18)21/h2-5,8-11,16,21H,1,6-7,12-15H2. The Morgan fingerprint density at radius 3 is 2.07 bits per heavy atom. The van der Waals surface area contributed by atoms with Crippen LogP contribution in [0.15, 0.2) is 53.7 Å². The van der Waals surface area contributed by atoms with Gasteiger partial charge in [0, 0.05) is 19.1 Å². The van der Waals surface area contributed by atoms with E-state index in [0.29, 0.717) is 11.3 Å². The molecule has 0 radical (unpaired) electrons. The third kappa shape index (κ3) is 2.67. The Balaban J connectivity index is 1.40. The quantitative estimate of drug-likeness (QED) is 0.594. The predicted octanol–water partition coefficient (Wildman–Crippen LogP) is 5.47. The molecule has 0 atom stereocenters. The van der Waals surface area contributed by atoms with Gasteiger partial charge in [0.1, 0.15) is 0 Å². The summed E-state index contributed by atoms with van der Waals surface area (Å²) in [5.74, 6) is 1.10. The average Bonchev–Trinajstić information content (AvgIpc) is 3.44. The van der Waals surface area contributed by atoms with Crippen LogP contribution in [-0.4, -0.2) is 27.9 Å². The Morgan fingerprint density at radius 2 is 1.43 bits per heavy atom. The molecule has 1 saturated carbocycles. The first-order chi connectivity index (χ1) is 13.9. The topological polar surface area (TPSA) is 34.0 Å². The summed E-state index contributed by atoms with van der Waals surface area (Å²) in [4.78, 5) is 2.45. The Hall–Kier alpha value is -2.27. The van der Waals surface area contributed by atoms with Gasteiger partial charge in [0.25, 0.3) is 0 Å². The first-order valence-corrected chi connectivity index (χ1v) is 11.3. The number of piperidine rings is 1. The van der Waals surface area contributed by atoms with E-state index in [0.717, 1.165) is 24.2 Å². The van der Waals surface area contributed by atoms with Crippen LogP contribution in [-0.2, 0) is 0 Å². The Labute approximate surface area is 170 Å². The number of thioether (sulfide) groups is 1. The van der Waals surface area contributed by atoms with Crippen LogP contribution < -0.4 is 4.90 Å². The number of hydrogen-bond donors (Lipinski definition) is 0. The molecule has 0 spiro atoms. The third-order valence-corrected chi connectivity index (χ3v) is 7.43. The van der Waals surface area contributed by atoms with E-state index >= 15 is 0 Å². The lowest BCUT2D eigenvalue weighted by molar-refractivity contribution is 0.548. The average molecular weight is 389 g/mol. The van der Waals surface area contributed by atoms with Gasteiger partial charge in [-0.2, -0.15) is 0 Å². The minimum Gasteiger partial charge on any atom is -0.341 e. The maximum Gasteiger partial charge on any atom is 0.228 e. The molecule has 1 aromatic heterocycles. The second-order valence-electron chi connectivity index (χ2n) is 8.10. The van der Waals surface area contributed by atoms with Crippen molar-refractivity contribution in [2.45, 2.75) is 48.6 Å². The van der Waals surface area contributed by atoms with Crippen LogP contribution in [0.1, 0.15) is 54.5 Å². The fraction of sp³-hybridized carbons (Fsp3) is 0.391. The van der Waals surface area contributed by atoms with E-state index in [9.17, 15) is 0 Å². The predicted molar refractivity (Wildman–Crippen MR) is 114 cm³/mol. The molecule has 0 unspecified atom stereocenters. The lowest BCUT2D eigenvalue weighted by Gasteiger charge is -2.28. The molecule has 2 aromatic carbocycles. The Bertz CT molecular complexity index is 971. The van der Waals surface area contributed by atoms with Gasteiger partial charge in [-0.05, 0) is 54.4 Å². The number of benzene rings is 2. The maximum absolute atomic E-state index is 4.70. The SMILES string of the molecule is c1ccc2c(c1)-c1ccccc1C2Sc1nnc(N2CCCCC2)n1C1CC1. The number of aromatic nitrogens is 3. The largest absolute Gasteiger partial charge is 0.341 e. The fourth-order valence-electron chi connectivity index (χ4n) is 4.65. The van der Waals surface area contributed by atoms with Crippen molar-refractivity contribution in [3.05, 3.63) is 59.7 Å². The highest BCUT2D eigenvalue weighted by molar-refractivity contribution is 7.99. The monoisotopic (exact) mass is 388 g/mol. The van der Waals surface area contributed by atoms with Crippen molar-refractivity contribution in [1.29, 1.82) is 0 Å². The molecule has 1 aliphatic heterocycles. The molecule has 0 bridgehead atoms. The second-order valence-corrected chi connectivity index (χ2v) is 9.18. The molecule has 4 nitrogen and oxygen atoms in total. The second kappa shape index (κ2) is 6.66. The summed E-state index contributed by atoms with van der Waals surface area (Å²) in [6.45, 7) is 2.23. The zero-order valence-corrected chi connectivity index (χ0v) is 16.7. The van der Waals surface area contributed by atoms with Gasteiger partial charge in [-0.1, -0.05) is 60.3 Å². The molecule has 3 aliphatic rings. The van der Waals surface area contributed by atoms with Crippen molar-refractivity contribution in [1.82, 2.24) is 14.8 Å². The normalized spacial score (nSPS) is 18.9. The molecule has 3 aromatic rings. The molecule has 2 aliphatic carbocycles. The van der Waals surface area contributed by atoms with Crippen molar-refractivity contribution in [3.63, 3.8) is 0 Å². The van der Waals surface area contributed by atoms with Crippen molar-refractivity contribution >= 4 is 17.7 Å². The fourth-order valence-corrected chi connectivity index (χ4v) is 5.96. The molecule has 0 amide bonds. The van der Waals surface area contributed by atoms with Crippen LogP contribution in [0.5, 0.6) is 0 Å². The van der Waals surface area contributed by atoms with Gasteiger partial charge in [0.2, 0.25) is 5.95 Å². The summed E-state index contributed by atoms with van der Waals surface area (Å²) in [5.41, 5.74) is 5.53. The molecular weight excluding hydrogens is 364 g/mol. The summed E-state index contributed by atoms with van der Waals surface area (Å²) in [6, 6.07) is 18.2. The summed E-state index contributed by atoms with van der Waals surface area (Å²) < 4.78 is 2.44. The highest BCUT2D eigenvalue weighted by Crippen LogP contribution is 2.53. The molecule has 28 heavy (non-hydrogen) atoms. The Kier molecular flexibility index (Phi) is 3.96. The number of nitrogens with zero attached hydrogens (tertiary/aromatic N) is 4. The number of hydrogen-bond acceptors (Lipinski definition) is 4. The molecule has 0 N–H and O–H groups in total. The van der Waals surface area contributed by atoms with Crippen LogP contribution in [0.3, 0.4) is 0 Å². The summed E-state index contributed by atoms with van der Waals surface area (Å²) in [7, 11) is 0. The third-order valence-electron chi connectivity index (χ3n) is 6.20. The van der Waals surface area contributed by atoms with Crippen LogP contribution in [0.2, 0.25) is 0 Å². The first kappa shape index (κ1) is 16.7. The number of anilines is 1. The summed E-state index contributed by atoms with van der Waals surface area (Å²) in [5, 5.41) is 10.7. The van der Waals surface area contributed by atoms with Crippen molar-refractivity contribution in [3.8, 4) is 11.1 Å². The smallest absolute Gasteiger partial charge is 0.228 e. The van der Waals surface area contributed by atoms with E-state index in [1.54, 1.807) is 0 Å². The van der Waals surface area contributed by atoms with Crippen molar-refractivity contribution in [2.24, 2.45) is 0 Å². The Morgan fingerprint density at radius 1 is 0.786 bits per heavy atom.